The Morgan fingerprint density at radius 3 is 2.67 bits per heavy atom. The number of aryl methyl sites for hydroxylation is 2. The van der Waals surface area contributed by atoms with Crippen LogP contribution in [0.3, 0.4) is 0 Å². The van der Waals surface area contributed by atoms with E-state index in [0.29, 0.717) is 12.5 Å². The van der Waals surface area contributed by atoms with Gasteiger partial charge in [0, 0.05) is 25.6 Å². The summed E-state index contributed by atoms with van der Waals surface area (Å²) < 4.78 is 1.75. The summed E-state index contributed by atoms with van der Waals surface area (Å²) in [6.07, 6.45) is 3.69. The first-order chi connectivity index (χ1) is 11.5. The van der Waals surface area contributed by atoms with E-state index < -0.39 is 0 Å². The van der Waals surface area contributed by atoms with Gasteiger partial charge in [0.1, 0.15) is 5.82 Å². The first-order valence-electron chi connectivity index (χ1n) is 8.68. The van der Waals surface area contributed by atoms with Gasteiger partial charge in [-0.1, -0.05) is 43.2 Å². The Morgan fingerprint density at radius 2 is 2.04 bits per heavy atom. The van der Waals surface area contributed by atoms with Crippen LogP contribution in [-0.4, -0.2) is 22.4 Å². The van der Waals surface area contributed by atoms with Crippen LogP contribution in [0.15, 0.2) is 30.3 Å². The Labute approximate surface area is 143 Å². The number of urea groups is 1. The molecule has 128 valence electrons. The van der Waals surface area contributed by atoms with Crippen LogP contribution in [0.1, 0.15) is 54.8 Å². The third-order valence-electron chi connectivity index (χ3n) is 4.88. The second kappa shape index (κ2) is 7.07. The predicted molar refractivity (Wildman–Crippen MR) is 96.4 cm³/mol. The number of hydrogen-bond acceptors (Lipinski definition) is 2. The van der Waals surface area contributed by atoms with E-state index >= 15 is 0 Å². The van der Waals surface area contributed by atoms with Crippen molar-refractivity contribution in [3.8, 4) is 0 Å². The average Bonchev–Trinajstić information content (AvgIpc) is 2.84. The maximum absolute atomic E-state index is 12.2. The van der Waals surface area contributed by atoms with Crippen LogP contribution >= 0.6 is 0 Å². The highest BCUT2D eigenvalue weighted by Gasteiger charge is 2.23. The van der Waals surface area contributed by atoms with Crippen molar-refractivity contribution in [3.63, 3.8) is 0 Å². The molecule has 3 rings (SSSR count). The fourth-order valence-corrected chi connectivity index (χ4v) is 2.93. The maximum Gasteiger partial charge on any atom is 0.320 e. The molecule has 1 fully saturated rings. The largest absolute Gasteiger partial charge is 0.337 e. The second-order valence-corrected chi connectivity index (χ2v) is 6.85. The molecule has 1 saturated carbocycles. The van der Waals surface area contributed by atoms with Crippen LogP contribution in [0.4, 0.5) is 10.6 Å². The van der Waals surface area contributed by atoms with Crippen molar-refractivity contribution in [2.75, 3.05) is 11.9 Å². The molecule has 2 aromatic rings. The van der Waals surface area contributed by atoms with Gasteiger partial charge in [-0.25, -0.2) is 4.79 Å². The minimum atomic E-state index is -0.183. The summed E-state index contributed by atoms with van der Waals surface area (Å²) in [7, 11) is 1.87. The van der Waals surface area contributed by atoms with E-state index in [1.807, 2.05) is 13.1 Å². The molecular formula is C19H26N4O. The van der Waals surface area contributed by atoms with Gasteiger partial charge in [-0.15, -0.1) is 0 Å². The smallest absolute Gasteiger partial charge is 0.320 e. The van der Waals surface area contributed by atoms with Crippen LogP contribution in [-0.2, 0) is 7.05 Å². The number of amides is 2. The molecule has 5 nitrogen and oxygen atoms in total. The van der Waals surface area contributed by atoms with Crippen LogP contribution in [0.5, 0.6) is 0 Å². The molecule has 0 aliphatic heterocycles. The van der Waals surface area contributed by atoms with Crippen LogP contribution in [0.25, 0.3) is 0 Å². The van der Waals surface area contributed by atoms with E-state index in [0.717, 1.165) is 11.5 Å². The summed E-state index contributed by atoms with van der Waals surface area (Å²) in [5.41, 5.74) is 3.57. The number of carbonyl (C=O) groups is 1. The SMILES string of the molecule is Cc1ccc([C@@H](C)CNC(=O)Nc2cc(C3CCC3)nn2C)cc1. The van der Waals surface area contributed by atoms with Gasteiger partial charge in [-0.05, 0) is 31.2 Å². The fraction of sp³-hybridized carbons (Fsp3) is 0.474. The summed E-state index contributed by atoms with van der Waals surface area (Å²) in [4.78, 5) is 12.2. The van der Waals surface area contributed by atoms with Gasteiger partial charge in [-0.3, -0.25) is 10.00 Å². The van der Waals surface area contributed by atoms with E-state index in [1.165, 1.54) is 30.4 Å². The molecule has 0 bridgehead atoms. The van der Waals surface area contributed by atoms with Crippen molar-refractivity contribution in [2.45, 2.75) is 44.9 Å². The third kappa shape index (κ3) is 3.78. The Kier molecular flexibility index (Phi) is 4.88. The number of benzene rings is 1. The van der Waals surface area contributed by atoms with Crippen molar-refractivity contribution >= 4 is 11.8 Å². The molecule has 24 heavy (non-hydrogen) atoms. The van der Waals surface area contributed by atoms with Crippen molar-refractivity contribution in [3.05, 3.63) is 47.2 Å². The summed E-state index contributed by atoms with van der Waals surface area (Å²) in [5.74, 6) is 1.59. The molecule has 5 heteroatoms. The average molecular weight is 326 g/mol. The summed E-state index contributed by atoms with van der Waals surface area (Å²) in [6.45, 7) is 4.79. The topological polar surface area (TPSA) is 59.0 Å². The van der Waals surface area contributed by atoms with Gasteiger partial charge in [0.05, 0.1) is 5.69 Å². The summed E-state index contributed by atoms with van der Waals surface area (Å²) >= 11 is 0. The van der Waals surface area contributed by atoms with Gasteiger partial charge < -0.3 is 5.32 Å². The van der Waals surface area contributed by atoms with Gasteiger partial charge in [0.25, 0.3) is 0 Å². The Bertz CT molecular complexity index is 701. The number of aromatic nitrogens is 2. The molecule has 0 radical (unpaired) electrons. The molecule has 1 aromatic heterocycles. The zero-order valence-corrected chi connectivity index (χ0v) is 14.7. The predicted octanol–water partition coefficient (Wildman–Crippen LogP) is 3.92. The Hall–Kier alpha value is -2.30. The minimum Gasteiger partial charge on any atom is -0.337 e. The highest BCUT2D eigenvalue weighted by Crippen LogP contribution is 2.36. The van der Waals surface area contributed by atoms with Crippen molar-refractivity contribution < 1.29 is 4.79 Å². The number of nitrogens with zero attached hydrogens (tertiary/aromatic N) is 2. The normalized spacial score (nSPS) is 15.6. The van der Waals surface area contributed by atoms with Gasteiger partial charge in [0.2, 0.25) is 0 Å². The molecule has 0 spiro atoms. The first kappa shape index (κ1) is 16.6. The fourth-order valence-electron chi connectivity index (χ4n) is 2.93. The molecule has 2 N–H and O–H groups in total. The number of anilines is 1. The third-order valence-corrected chi connectivity index (χ3v) is 4.88. The van der Waals surface area contributed by atoms with Crippen LogP contribution in [0, 0.1) is 6.92 Å². The highest BCUT2D eigenvalue weighted by molar-refractivity contribution is 5.88. The Morgan fingerprint density at radius 1 is 1.33 bits per heavy atom. The van der Waals surface area contributed by atoms with Crippen molar-refractivity contribution in [1.82, 2.24) is 15.1 Å². The maximum atomic E-state index is 12.2. The number of carbonyl (C=O) groups excluding carboxylic acids is 1. The van der Waals surface area contributed by atoms with Crippen molar-refractivity contribution in [1.29, 1.82) is 0 Å². The van der Waals surface area contributed by atoms with E-state index in [1.54, 1.807) is 4.68 Å². The number of nitrogens with one attached hydrogen (secondary N) is 2. The molecule has 1 aromatic carbocycles. The number of rotatable bonds is 5. The van der Waals surface area contributed by atoms with E-state index in [-0.39, 0.29) is 11.9 Å². The van der Waals surface area contributed by atoms with Gasteiger partial charge >= 0.3 is 6.03 Å². The summed E-state index contributed by atoms with van der Waals surface area (Å²) in [6, 6.07) is 10.2. The van der Waals surface area contributed by atoms with Crippen LogP contribution in [0.2, 0.25) is 0 Å². The lowest BCUT2D eigenvalue weighted by atomic mass is 9.83. The molecule has 1 aliphatic carbocycles. The van der Waals surface area contributed by atoms with Crippen molar-refractivity contribution in [2.24, 2.45) is 7.05 Å². The molecular weight excluding hydrogens is 300 g/mol. The molecule has 1 heterocycles. The molecule has 1 atom stereocenters. The van der Waals surface area contributed by atoms with E-state index in [4.69, 9.17) is 0 Å². The molecule has 1 aliphatic rings. The monoisotopic (exact) mass is 326 g/mol. The second-order valence-electron chi connectivity index (χ2n) is 6.85. The molecule has 2 amide bonds. The zero-order valence-electron chi connectivity index (χ0n) is 14.7. The highest BCUT2D eigenvalue weighted by atomic mass is 16.2. The lowest BCUT2D eigenvalue weighted by Gasteiger charge is -2.22. The number of hydrogen-bond donors (Lipinski definition) is 2. The molecule has 0 unspecified atom stereocenters. The lowest BCUT2D eigenvalue weighted by Crippen LogP contribution is -2.32. The first-order valence-corrected chi connectivity index (χ1v) is 8.68. The summed E-state index contributed by atoms with van der Waals surface area (Å²) in [5, 5.41) is 10.4. The minimum absolute atomic E-state index is 0.183. The van der Waals surface area contributed by atoms with Crippen LogP contribution < -0.4 is 10.6 Å². The molecule has 0 saturated heterocycles. The standard InChI is InChI=1S/C19H26N4O/c1-13-7-9-15(10-8-13)14(2)12-20-19(24)21-18-11-17(22-23(18)3)16-5-4-6-16/h7-11,14,16H,4-6,12H2,1-3H3,(H2,20,21,24)/t14-/m0/s1. The van der Waals surface area contributed by atoms with Gasteiger partial charge in [-0.2, -0.15) is 5.10 Å². The zero-order chi connectivity index (χ0) is 17.1. The Balaban J connectivity index is 1.52. The van der Waals surface area contributed by atoms with E-state index in [9.17, 15) is 4.79 Å². The lowest BCUT2D eigenvalue weighted by molar-refractivity contribution is 0.251. The quantitative estimate of drug-likeness (QED) is 0.875. The van der Waals surface area contributed by atoms with E-state index in [2.05, 4.69) is 53.8 Å². The van der Waals surface area contributed by atoms with Gasteiger partial charge in [0.15, 0.2) is 0 Å².